The number of amides is 2. The van der Waals surface area contributed by atoms with Crippen LogP contribution < -0.4 is 10.1 Å². The minimum atomic E-state index is -0.272. The van der Waals surface area contributed by atoms with E-state index in [-0.39, 0.29) is 11.8 Å². The van der Waals surface area contributed by atoms with Crippen LogP contribution in [0.5, 0.6) is 5.75 Å². The largest absolute Gasteiger partial charge is 0.492 e. The van der Waals surface area contributed by atoms with Gasteiger partial charge in [-0.25, -0.2) is 4.98 Å². The Bertz CT molecular complexity index is 1770. The highest BCUT2D eigenvalue weighted by molar-refractivity contribution is 6.08. The van der Waals surface area contributed by atoms with Crippen LogP contribution in [0.15, 0.2) is 73.2 Å². The van der Waals surface area contributed by atoms with Crippen molar-refractivity contribution in [3.05, 3.63) is 90.0 Å². The minimum Gasteiger partial charge on any atom is -0.492 e. The summed E-state index contributed by atoms with van der Waals surface area (Å²) in [4.78, 5) is 36.5. The Hall–Kier alpha value is -4.74. The van der Waals surface area contributed by atoms with Crippen molar-refractivity contribution in [1.29, 1.82) is 0 Å². The highest BCUT2D eigenvalue weighted by atomic mass is 16.5. The van der Waals surface area contributed by atoms with Crippen molar-refractivity contribution in [2.24, 2.45) is 0 Å². The monoisotopic (exact) mass is 580 g/mol. The number of hydrogen-bond donors (Lipinski definition) is 1. The average molecular weight is 581 g/mol. The fourth-order valence-electron chi connectivity index (χ4n) is 5.34. The lowest BCUT2D eigenvalue weighted by Gasteiger charge is -2.32. The maximum Gasteiger partial charge on any atom is 0.274 e. The maximum atomic E-state index is 13.4. The van der Waals surface area contributed by atoms with Crippen LogP contribution in [0.2, 0.25) is 0 Å². The lowest BCUT2D eigenvalue weighted by atomic mass is 10.1. The molecule has 0 aliphatic carbocycles. The van der Waals surface area contributed by atoms with Crippen LogP contribution in [0.25, 0.3) is 16.6 Å². The zero-order chi connectivity index (χ0) is 29.9. The van der Waals surface area contributed by atoms with Crippen molar-refractivity contribution in [3.63, 3.8) is 0 Å². The van der Waals surface area contributed by atoms with E-state index in [9.17, 15) is 9.59 Å². The lowest BCUT2D eigenvalue weighted by molar-refractivity contribution is 0.0827. The van der Waals surface area contributed by atoms with Gasteiger partial charge in [0.2, 0.25) is 0 Å². The van der Waals surface area contributed by atoms with Gasteiger partial charge in [-0.05, 0) is 42.9 Å². The lowest BCUT2D eigenvalue weighted by Crippen LogP contribution is -2.45. The second-order valence-corrected chi connectivity index (χ2v) is 11.1. The summed E-state index contributed by atoms with van der Waals surface area (Å²) in [6.45, 7) is 6.24. The molecule has 1 saturated heterocycles. The van der Waals surface area contributed by atoms with Crippen LogP contribution in [-0.4, -0.2) is 106 Å². The Morgan fingerprint density at radius 3 is 2.63 bits per heavy atom. The number of carbonyl (C=O) groups excluding carboxylic acids is 2. The number of nitrogens with one attached hydrogen (secondary N) is 1. The summed E-state index contributed by atoms with van der Waals surface area (Å²) >= 11 is 0. The molecule has 0 bridgehead atoms. The Morgan fingerprint density at radius 1 is 1.00 bits per heavy atom. The van der Waals surface area contributed by atoms with Gasteiger partial charge in [-0.1, -0.05) is 18.2 Å². The highest BCUT2D eigenvalue weighted by Gasteiger charge is 2.17. The van der Waals surface area contributed by atoms with Crippen LogP contribution in [0, 0.1) is 0 Å². The van der Waals surface area contributed by atoms with Gasteiger partial charge in [-0.3, -0.25) is 23.6 Å². The molecule has 1 aliphatic heterocycles. The minimum absolute atomic E-state index is 0.0467. The molecule has 6 rings (SSSR count). The third-order valence-electron chi connectivity index (χ3n) is 7.84. The average Bonchev–Trinajstić information content (AvgIpc) is 3.62. The Labute approximate surface area is 250 Å². The summed E-state index contributed by atoms with van der Waals surface area (Å²) < 4.78 is 9.62. The number of ether oxygens (including phenoxy) is 1. The number of pyridine rings is 1. The maximum absolute atomic E-state index is 13.4. The first kappa shape index (κ1) is 28.4. The first-order valence-corrected chi connectivity index (χ1v) is 14.4. The zero-order valence-electron chi connectivity index (χ0n) is 24.7. The summed E-state index contributed by atoms with van der Waals surface area (Å²) in [6, 6.07) is 17.0. The predicted octanol–water partition coefficient (Wildman–Crippen LogP) is 3.31. The number of likely N-dealkylation sites (N-methyl/N-ethyl adjacent to an activating group) is 1. The molecule has 11 heteroatoms. The van der Waals surface area contributed by atoms with E-state index in [1.807, 2.05) is 65.5 Å². The van der Waals surface area contributed by atoms with E-state index in [1.54, 1.807) is 35.8 Å². The summed E-state index contributed by atoms with van der Waals surface area (Å²) in [7, 11) is 5.62. The molecule has 0 radical (unpaired) electrons. The molecule has 1 aliphatic rings. The van der Waals surface area contributed by atoms with Crippen LogP contribution >= 0.6 is 0 Å². The van der Waals surface area contributed by atoms with Crippen molar-refractivity contribution in [2.45, 2.75) is 6.54 Å². The molecule has 11 nitrogen and oxygen atoms in total. The van der Waals surface area contributed by atoms with Crippen LogP contribution in [-0.2, 0) is 6.54 Å². The number of imidazole rings is 1. The van der Waals surface area contributed by atoms with Crippen molar-refractivity contribution in [1.82, 2.24) is 33.9 Å². The zero-order valence-corrected chi connectivity index (χ0v) is 24.7. The van der Waals surface area contributed by atoms with Crippen molar-refractivity contribution < 1.29 is 14.3 Å². The smallest absolute Gasteiger partial charge is 0.274 e. The number of hydrogen-bond acceptors (Lipinski definition) is 7. The van der Waals surface area contributed by atoms with Crippen LogP contribution in [0.1, 0.15) is 26.4 Å². The summed E-state index contributed by atoms with van der Waals surface area (Å²) in [5, 5.41) is 8.44. The number of benzene rings is 2. The van der Waals surface area contributed by atoms with Gasteiger partial charge in [0.25, 0.3) is 11.8 Å². The summed E-state index contributed by atoms with van der Waals surface area (Å²) in [6.07, 6.45) is 5.14. The van der Waals surface area contributed by atoms with Gasteiger partial charge in [0.1, 0.15) is 23.7 Å². The molecule has 2 amide bonds. The molecular formula is C32H36N8O3. The van der Waals surface area contributed by atoms with Crippen molar-refractivity contribution >= 4 is 34.1 Å². The van der Waals surface area contributed by atoms with Gasteiger partial charge in [-0.15, -0.1) is 0 Å². The Morgan fingerprint density at radius 2 is 1.81 bits per heavy atom. The number of piperazine rings is 1. The molecule has 43 heavy (non-hydrogen) atoms. The van der Waals surface area contributed by atoms with Gasteiger partial charge in [0.15, 0.2) is 0 Å². The SMILES string of the molecule is CN1CCN(CCOc2ccn3c(C(=O)Nc4cccc5c4cnn5Cc4cccc(C(=O)N(C)C)c4)cnc3c2)CC1. The topological polar surface area (TPSA) is 100 Å². The number of aromatic nitrogens is 4. The van der Waals surface area contributed by atoms with E-state index >= 15 is 0 Å². The van der Waals surface area contributed by atoms with Crippen LogP contribution in [0.4, 0.5) is 5.69 Å². The molecule has 2 aromatic carbocycles. The van der Waals surface area contributed by atoms with E-state index in [0.717, 1.165) is 54.9 Å². The van der Waals surface area contributed by atoms with Crippen LogP contribution in [0.3, 0.4) is 0 Å². The number of fused-ring (bicyclic) bond motifs is 2. The van der Waals surface area contributed by atoms with E-state index < -0.39 is 0 Å². The third kappa shape index (κ3) is 6.23. The molecule has 1 fully saturated rings. The van der Waals surface area contributed by atoms with E-state index in [0.29, 0.717) is 35.7 Å². The van der Waals surface area contributed by atoms with Gasteiger partial charge >= 0.3 is 0 Å². The number of rotatable bonds is 9. The Kier molecular flexibility index (Phi) is 8.08. The molecule has 0 saturated carbocycles. The van der Waals surface area contributed by atoms with Gasteiger partial charge in [0, 0.05) is 70.0 Å². The summed E-state index contributed by atoms with van der Waals surface area (Å²) in [5.74, 6) is 0.411. The number of anilines is 1. The second-order valence-electron chi connectivity index (χ2n) is 11.1. The normalized spacial score (nSPS) is 14.3. The molecule has 0 unspecified atom stereocenters. The first-order valence-electron chi connectivity index (χ1n) is 14.4. The summed E-state index contributed by atoms with van der Waals surface area (Å²) in [5.41, 5.74) is 4.18. The molecule has 4 heterocycles. The molecule has 0 atom stereocenters. The number of nitrogens with zero attached hydrogens (tertiary/aromatic N) is 7. The molecule has 0 spiro atoms. The van der Waals surface area contributed by atoms with Crippen molar-refractivity contribution in [3.8, 4) is 5.75 Å². The van der Waals surface area contributed by atoms with E-state index in [2.05, 4.69) is 32.2 Å². The third-order valence-corrected chi connectivity index (χ3v) is 7.84. The standard InChI is InChI=1S/C32H36N8O3/c1-36(2)32(42)24-7-4-6-23(18-24)22-40-28-9-5-8-27(26(28)20-34-40)35-31(41)29-21-33-30-19-25(10-11-39(29)30)43-17-16-38-14-12-37(3)13-15-38/h4-11,18-21H,12-17,22H2,1-3H3,(H,35,41). The first-order chi connectivity index (χ1) is 20.9. The van der Waals surface area contributed by atoms with E-state index in [1.165, 1.54) is 0 Å². The second kappa shape index (κ2) is 12.2. The molecule has 1 N–H and O–H groups in total. The molecular weight excluding hydrogens is 544 g/mol. The molecule has 222 valence electrons. The van der Waals surface area contributed by atoms with Gasteiger partial charge < -0.3 is 19.9 Å². The quantitative estimate of drug-likeness (QED) is 0.286. The molecule has 5 aromatic rings. The fraction of sp³-hybridized carbons (Fsp3) is 0.312. The highest BCUT2D eigenvalue weighted by Crippen LogP contribution is 2.25. The fourth-order valence-corrected chi connectivity index (χ4v) is 5.34. The van der Waals surface area contributed by atoms with Crippen molar-refractivity contribution in [2.75, 3.05) is 65.8 Å². The molecule has 3 aromatic heterocycles. The predicted molar refractivity (Wildman–Crippen MR) is 166 cm³/mol. The Balaban J connectivity index is 1.13. The van der Waals surface area contributed by atoms with Gasteiger partial charge in [-0.2, -0.15) is 5.10 Å². The van der Waals surface area contributed by atoms with Gasteiger partial charge in [0.05, 0.1) is 30.1 Å². The number of carbonyl (C=O) groups is 2. The van der Waals surface area contributed by atoms with E-state index in [4.69, 9.17) is 4.74 Å².